The molecule has 0 nitrogen and oxygen atoms in total. The van der Waals surface area contributed by atoms with E-state index < -0.39 is 0 Å². The first-order valence-corrected chi connectivity index (χ1v) is 2.49. The zero-order chi connectivity index (χ0) is 5.54. The van der Waals surface area contributed by atoms with E-state index in [-0.39, 0.29) is 18.9 Å². The first-order valence-electron chi connectivity index (χ1n) is 2.49. The van der Waals surface area contributed by atoms with Crippen LogP contribution in [0.3, 0.4) is 0 Å². The van der Waals surface area contributed by atoms with Gasteiger partial charge in [-0.15, -0.1) is 0 Å². The van der Waals surface area contributed by atoms with Crippen LogP contribution in [-0.4, -0.2) is 0 Å². The molecule has 1 heteroatoms. The number of rotatable bonds is 2. The molecular weight excluding hydrogens is 91.0 g/mol. The summed E-state index contributed by atoms with van der Waals surface area (Å²) in [6.45, 7) is 2.11. The molecule has 0 unspecified atom stereocenters. The van der Waals surface area contributed by atoms with Gasteiger partial charge in [0.2, 0.25) is 0 Å². The Balaban J connectivity index is 0. The molecule has 8 heavy (non-hydrogen) atoms. The third-order valence-electron chi connectivity index (χ3n) is 0.657. The van der Waals surface area contributed by atoms with Gasteiger partial charge in [-0.1, -0.05) is 19.8 Å². The number of unbranched alkanes of at least 4 members (excludes halogenated alkanes) is 1. The molecule has 0 spiro atoms. The van der Waals surface area contributed by atoms with Crippen LogP contribution in [0.4, 0.5) is 0 Å². The Labute approximate surface area is 63.5 Å². The molecule has 0 rings (SSSR count). The van der Waals surface area contributed by atoms with Crippen LogP contribution in [0.1, 0.15) is 19.8 Å². The van der Waals surface area contributed by atoms with Gasteiger partial charge in [0.05, 0.1) is 0 Å². The van der Waals surface area contributed by atoms with Crippen LogP contribution in [-0.2, 0) is 0 Å². The molecule has 0 aromatic heterocycles. The smallest absolute Gasteiger partial charge is 0.366 e. The van der Waals surface area contributed by atoms with Crippen LogP contribution in [0.2, 0.25) is 0 Å². The van der Waals surface area contributed by atoms with Gasteiger partial charge >= 0.3 is 18.9 Å². The molecule has 0 heterocycles. The number of allylic oxidation sites excluding steroid dienone is 2. The second kappa shape index (κ2) is 10.0. The average molecular weight is 100 g/mol. The summed E-state index contributed by atoms with van der Waals surface area (Å²) in [6.07, 6.45) is 12.2. The largest absolute Gasteiger partial charge is 1.00 e. The summed E-state index contributed by atoms with van der Waals surface area (Å²) in [5.74, 6) is 2.17. The van der Waals surface area contributed by atoms with E-state index in [9.17, 15) is 0 Å². The summed E-state index contributed by atoms with van der Waals surface area (Å²) >= 11 is 0. The van der Waals surface area contributed by atoms with E-state index in [0.29, 0.717) is 0 Å². The van der Waals surface area contributed by atoms with Crippen LogP contribution in [0.15, 0.2) is 12.2 Å². The van der Waals surface area contributed by atoms with Crippen LogP contribution >= 0.6 is 0 Å². The third kappa shape index (κ3) is 9.31. The molecule has 0 N–H and O–H groups in total. The van der Waals surface area contributed by atoms with Crippen molar-refractivity contribution in [2.45, 2.75) is 19.8 Å². The van der Waals surface area contributed by atoms with Crippen molar-refractivity contribution < 1.29 is 18.9 Å². The van der Waals surface area contributed by atoms with E-state index in [0.717, 1.165) is 12.8 Å². The zero-order valence-corrected chi connectivity index (χ0v) is 5.57. The van der Waals surface area contributed by atoms with Crippen molar-refractivity contribution in [3.8, 4) is 5.92 Å². The molecule has 0 amide bonds. The van der Waals surface area contributed by atoms with Crippen LogP contribution in [0, 0.1) is 12.3 Å². The second-order valence-electron chi connectivity index (χ2n) is 1.34. The summed E-state index contributed by atoms with van der Waals surface area (Å²) in [7, 11) is 0. The molecule has 0 radical (unpaired) electrons. The quantitative estimate of drug-likeness (QED) is 0.235. The van der Waals surface area contributed by atoms with Crippen molar-refractivity contribution in [3.05, 3.63) is 18.6 Å². The zero-order valence-electron chi connectivity index (χ0n) is 5.57. The number of hydrogen-bond acceptors (Lipinski definition) is 0. The van der Waals surface area contributed by atoms with Gasteiger partial charge in [0, 0.05) is 0 Å². The van der Waals surface area contributed by atoms with E-state index in [1.165, 1.54) is 0 Å². The van der Waals surface area contributed by atoms with Crippen molar-refractivity contribution in [2.24, 2.45) is 0 Å². The Morgan fingerprint density at radius 2 is 2.25 bits per heavy atom. The predicted octanol–water partition coefficient (Wildman–Crippen LogP) is -1.06. The fraction of sp³-hybridized carbons (Fsp3) is 0.429. The van der Waals surface area contributed by atoms with E-state index in [1.807, 2.05) is 6.08 Å². The maximum atomic E-state index is 6.44. The standard InChI is InChI=1S/C7H9.Li/c1-3-5-7-6-4-2;/h6-7H,3,5H2,1H3;/q-1;+1/b7-6-;. The van der Waals surface area contributed by atoms with Gasteiger partial charge in [0.15, 0.2) is 0 Å². The van der Waals surface area contributed by atoms with Crippen molar-refractivity contribution in [2.75, 3.05) is 0 Å². The van der Waals surface area contributed by atoms with Crippen LogP contribution in [0.5, 0.6) is 0 Å². The molecule has 0 saturated carbocycles. The van der Waals surface area contributed by atoms with Gasteiger partial charge in [-0.2, -0.15) is 12.2 Å². The Morgan fingerprint density at radius 3 is 2.62 bits per heavy atom. The first-order chi connectivity index (χ1) is 3.41. The fourth-order valence-corrected chi connectivity index (χ4v) is 0.309. The van der Waals surface area contributed by atoms with Crippen molar-refractivity contribution in [1.82, 2.24) is 0 Å². The molecule has 0 bridgehead atoms. The fourth-order valence-electron chi connectivity index (χ4n) is 0.309. The van der Waals surface area contributed by atoms with E-state index in [4.69, 9.17) is 6.42 Å². The van der Waals surface area contributed by atoms with Gasteiger partial charge in [0.1, 0.15) is 0 Å². The van der Waals surface area contributed by atoms with Crippen molar-refractivity contribution in [1.29, 1.82) is 0 Å². The molecular formula is C7H9Li. The Hall–Kier alpha value is -0.103. The second-order valence-corrected chi connectivity index (χ2v) is 1.34. The van der Waals surface area contributed by atoms with Crippen LogP contribution < -0.4 is 18.9 Å². The Morgan fingerprint density at radius 1 is 1.62 bits per heavy atom. The normalized spacial score (nSPS) is 8.00. The van der Waals surface area contributed by atoms with Crippen molar-refractivity contribution in [3.63, 3.8) is 0 Å². The molecule has 0 aliphatic heterocycles. The van der Waals surface area contributed by atoms with Crippen molar-refractivity contribution >= 4 is 0 Å². The maximum absolute atomic E-state index is 6.44. The molecule has 0 atom stereocenters. The number of hydrogen-bond donors (Lipinski definition) is 0. The molecule has 0 saturated heterocycles. The molecule has 38 valence electrons. The van der Waals surface area contributed by atoms with Gasteiger partial charge in [-0.25, -0.2) is 0 Å². The molecule has 0 aliphatic rings. The first kappa shape index (κ1) is 10.8. The average Bonchev–Trinajstić information content (AvgIpc) is 1.69. The molecule has 0 aromatic rings. The molecule has 0 aliphatic carbocycles. The van der Waals surface area contributed by atoms with Gasteiger partial charge < -0.3 is 6.42 Å². The monoisotopic (exact) mass is 100 g/mol. The minimum atomic E-state index is 0. The maximum Gasteiger partial charge on any atom is 1.00 e. The molecule has 0 fully saturated rings. The summed E-state index contributed by atoms with van der Waals surface area (Å²) in [5.41, 5.74) is 0. The SMILES string of the molecule is [C-]#C/C=C\CCC.[Li+]. The van der Waals surface area contributed by atoms with E-state index >= 15 is 0 Å². The van der Waals surface area contributed by atoms with Gasteiger partial charge in [0.25, 0.3) is 0 Å². The summed E-state index contributed by atoms with van der Waals surface area (Å²) in [6, 6.07) is 0. The Kier molecular flexibility index (Phi) is 13.5. The third-order valence-corrected chi connectivity index (χ3v) is 0.657. The minimum Gasteiger partial charge on any atom is -0.366 e. The summed E-state index contributed by atoms with van der Waals surface area (Å²) in [5, 5.41) is 0. The Bertz CT molecular complexity index is 87.1. The topological polar surface area (TPSA) is 0 Å². The van der Waals surface area contributed by atoms with E-state index in [2.05, 4.69) is 12.8 Å². The predicted molar refractivity (Wildman–Crippen MR) is 31.2 cm³/mol. The van der Waals surface area contributed by atoms with Crippen LogP contribution in [0.25, 0.3) is 0 Å². The van der Waals surface area contributed by atoms with Gasteiger partial charge in [-0.3, -0.25) is 5.92 Å². The summed E-state index contributed by atoms with van der Waals surface area (Å²) < 4.78 is 0. The van der Waals surface area contributed by atoms with Gasteiger partial charge in [-0.05, 0) is 0 Å². The minimum absolute atomic E-state index is 0. The molecule has 0 aromatic carbocycles. The summed E-state index contributed by atoms with van der Waals surface area (Å²) in [4.78, 5) is 0. The van der Waals surface area contributed by atoms with E-state index in [1.54, 1.807) is 6.08 Å².